The minimum absolute atomic E-state index is 0.0348. The van der Waals surface area contributed by atoms with E-state index in [0.717, 1.165) is 18.6 Å². The van der Waals surface area contributed by atoms with Gasteiger partial charge in [0.15, 0.2) is 0 Å². The van der Waals surface area contributed by atoms with Gasteiger partial charge in [0.05, 0.1) is 17.7 Å². The van der Waals surface area contributed by atoms with Crippen LogP contribution in [0.15, 0.2) is 34.9 Å². The Kier molecular flexibility index (Phi) is 3.44. The minimum Gasteiger partial charge on any atom is -0.467 e. The summed E-state index contributed by atoms with van der Waals surface area (Å²) in [6, 6.07) is 6.77. The third kappa shape index (κ3) is 2.79. The second-order valence-corrected chi connectivity index (χ2v) is 4.88. The van der Waals surface area contributed by atoms with Crippen LogP contribution < -0.4 is 16.2 Å². The number of furan rings is 1. The van der Waals surface area contributed by atoms with E-state index in [1.165, 1.54) is 12.1 Å². The number of hydrogen-bond acceptors (Lipinski definition) is 7. The second-order valence-electron chi connectivity index (χ2n) is 4.88. The molecule has 2 aromatic heterocycles. The predicted octanol–water partition coefficient (Wildman–Crippen LogP) is 2.04. The van der Waals surface area contributed by atoms with E-state index in [2.05, 4.69) is 10.4 Å². The van der Waals surface area contributed by atoms with Crippen molar-refractivity contribution in [3.63, 3.8) is 0 Å². The van der Waals surface area contributed by atoms with Crippen LogP contribution in [-0.2, 0) is 6.54 Å². The van der Waals surface area contributed by atoms with Crippen LogP contribution in [0.1, 0.15) is 18.6 Å². The number of aromatic nitrogens is 1. The van der Waals surface area contributed by atoms with E-state index in [4.69, 9.17) is 10.3 Å². The summed E-state index contributed by atoms with van der Waals surface area (Å²) in [5.41, 5.74) is 2.39. The number of nitrogens with zero attached hydrogens (tertiary/aromatic N) is 3. The van der Waals surface area contributed by atoms with Crippen LogP contribution in [0.4, 0.5) is 17.3 Å². The van der Waals surface area contributed by atoms with Crippen LogP contribution in [0.2, 0.25) is 0 Å². The van der Waals surface area contributed by atoms with Gasteiger partial charge in [-0.3, -0.25) is 10.1 Å². The van der Waals surface area contributed by atoms with Crippen molar-refractivity contribution >= 4 is 17.3 Å². The zero-order valence-corrected chi connectivity index (χ0v) is 11.2. The molecule has 2 aromatic rings. The first-order chi connectivity index (χ1) is 10.2. The number of nitro groups is 1. The van der Waals surface area contributed by atoms with Gasteiger partial charge in [-0.05, 0) is 31.0 Å². The molecule has 3 N–H and O–H groups in total. The van der Waals surface area contributed by atoms with Gasteiger partial charge < -0.3 is 14.7 Å². The lowest BCUT2D eigenvalue weighted by molar-refractivity contribution is -0.384. The van der Waals surface area contributed by atoms with Gasteiger partial charge in [0.1, 0.15) is 11.6 Å². The molecular weight excluding hydrogens is 274 g/mol. The minimum atomic E-state index is -0.430. The van der Waals surface area contributed by atoms with Crippen molar-refractivity contribution in [2.45, 2.75) is 25.4 Å². The summed E-state index contributed by atoms with van der Waals surface area (Å²) in [5, 5.41) is 11.2. The van der Waals surface area contributed by atoms with Crippen LogP contribution in [0, 0.1) is 10.1 Å². The molecule has 0 atom stereocenters. The highest BCUT2D eigenvalue weighted by Crippen LogP contribution is 2.37. The van der Waals surface area contributed by atoms with Crippen LogP contribution in [-0.4, -0.2) is 15.9 Å². The Morgan fingerprint density at radius 3 is 2.86 bits per heavy atom. The first kappa shape index (κ1) is 13.4. The maximum absolute atomic E-state index is 11.2. The molecule has 0 spiro atoms. The zero-order chi connectivity index (χ0) is 14.8. The molecule has 0 radical (unpaired) electrons. The summed E-state index contributed by atoms with van der Waals surface area (Å²) >= 11 is 0. The Bertz CT molecular complexity index is 639. The van der Waals surface area contributed by atoms with Crippen LogP contribution in [0.3, 0.4) is 0 Å². The van der Waals surface area contributed by atoms with Gasteiger partial charge in [0.2, 0.25) is 5.82 Å². The smallest absolute Gasteiger partial charge is 0.311 e. The first-order valence-corrected chi connectivity index (χ1v) is 6.60. The molecule has 2 heterocycles. The van der Waals surface area contributed by atoms with Crippen LogP contribution >= 0.6 is 0 Å². The van der Waals surface area contributed by atoms with Crippen molar-refractivity contribution in [1.82, 2.24) is 4.98 Å². The molecule has 1 aliphatic rings. The van der Waals surface area contributed by atoms with E-state index in [1.54, 1.807) is 12.3 Å². The van der Waals surface area contributed by atoms with E-state index < -0.39 is 4.92 Å². The zero-order valence-electron chi connectivity index (χ0n) is 11.2. The fourth-order valence-corrected chi connectivity index (χ4v) is 2.21. The fraction of sp³-hybridized carbons (Fsp3) is 0.308. The molecule has 0 saturated heterocycles. The molecule has 3 rings (SSSR count). The number of pyridine rings is 1. The Balaban J connectivity index is 1.99. The average molecular weight is 289 g/mol. The van der Waals surface area contributed by atoms with E-state index in [0.29, 0.717) is 18.2 Å². The van der Waals surface area contributed by atoms with Gasteiger partial charge in [-0.1, -0.05) is 0 Å². The molecule has 110 valence electrons. The van der Waals surface area contributed by atoms with Gasteiger partial charge in [-0.2, -0.15) is 0 Å². The van der Waals surface area contributed by atoms with Crippen LogP contribution in [0.5, 0.6) is 0 Å². The Morgan fingerprint density at radius 2 is 2.29 bits per heavy atom. The molecule has 1 aliphatic carbocycles. The molecule has 0 amide bonds. The van der Waals surface area contributed by atoms with Crippen molar-refractivity contribution in [2.75, 3.05) is 10.3 Å². The van der Waals surface area contributed by atoms with Gasteiger partial charge >= 0.3 is 5.69 Å². The number of rotatable bonds is 6. The van der Waals surface area contributed by atoms with E-state index in [-0.39, 0.29) is 11.7 Å². The topological polar surface area (TPSA) is 110 Å². The summed E-state index contributed by atoms with van der Waals surface area (Å²) in [6.45, 7) is 0.444. The highest BCUT2D eigenvalue weighted by atomic mass is 16.6. The van der Waals surface area contributed by atoms with Crippen molar-refractivity contribution in [1.29, 1.82) is 0 Å². The maximum atomic E-state index is 11.2. The SMILES string of the molecule is NNc1ccc([N+](=O)[O-])c(N(Cc2ccco2)C2CC2)n1. The van der Waals surface area contributed by atoms with Gasteiger partial charge in [0, 0.05) is 12.1 Å². The largest absolute Gasteiger partial charge is 0.467 e. The Labute approximate surface area is 120 Å². The molecule has 8 heteroatoms. The molecule has 8 nitrogen and oxygen atoms in total. The van der Waals surface area contributed by atoms with E-state index >= 15 is 0 Å². The molecular formula is C13H15N5O3. The van der Waals surface area contributed by atoms with Gasteiger partial charge in [-0.25, -0.2) is 10.8 Å². The number of hydrogen-bond donors (Lipinski definition) is 2. The lowest BCUT2D eigenvalue weighted by atomic mass is 10.3. The molecule has 0 aliphatic heterocycles. The normalized spacial score (nSPS) is 14.0. The summed E-state index contributed by atoms with van der Waals surface area (Å²) in [4.78, 5) is 17.0. The van der Waals surface area contributed by atoms with Gasteiger partial charge in [0.25, 0.3) is 0 Å². The summed E-state index contributed by atoms with van der Waals surface area (Å²) in [5.74, 6) is 6.80. The lowest BCUT2D eigenvalue weighted by Gasteiger charge is -2.22. The molecule has 0 aromatic carbocycles. The molecule has 0 bridgehead atoms. The fourth-order valence-electron chi connectivity index (χ4n) is 2.21. The van der Waals surface area contributed by atoms with Crippen molar-refractivity contribution in [2.24, 2.45) is 5.84 Å². The van der Waals surface area contributed by atoms with Crippen molar-refractivity contribution < 1.29 is 9.34 Å². The van der Waals surface area contributed by atoms with Crippen molar-refractivity contribution in [3.8, 4) is 0 Å². The highest BCUT2D eigenvalue weighted by Gasteiger charge is 2.34. The second kappa shape index (κ2) is 5.41. The molecule has 0 unspecified atom stereocenters. The highest BCUT2D eigenvalue weighted by molar-refractivity contribution is 5.62. The number of nitrogen functional groups attached to an aromatic ring is 1. The molecule has 1 saturated carbocycles. The lowest BCUT2D eigenvalue weighted by Crippen LogP contribution is -2.27. The third-order valence-electron chi connectivity index (χ3n) is 3.37. The van der Waals surface area contributed by atoms with Crippen LogP contribution in [0.25, 0.3) is 0 Å². The summed E-state index contributed by atoms with van der Waals surface area (Å²) < 4.78 is 5.34. The quantitative estimate of drug-likeness (QED) is 0.475. The predicted molar refractivity (Wildman–Crippen MR) is 76.6 cm³/mol. The monoisotopic (exact) mass is 289 g/mol. The van der Waals surface area contributed by atoms with E-state index in [1.807, 2.05) is 11.0 Å². The first-order valence-electron chi connectivity index (χ1n) is 6.60. The standard InChI is InChI=1S/C13H15N5O3/c14-16-12-6-5-11(18(19)20)13(15-12)17(9-3-4-9)8-10-2-1-7-21-10/h1-2,5-7,9H,3-4,8,14H2,(H,15,16). The maximum Gasteiger partial charge on any atom is 0.311 e. The number of nitrogens with two attached hydrogens (primary N) is 1. The number of anilines is 2. The average Bonchev–Trinajstić information content (AvgIpc) is 3.20. The van der Waals surface area contributed by atoms with Crippen molar-refractivity contribution in [3.05, 3.63) is 46.4 Å². The Morgan fingerprint density at radius 1 is 1.48 bits per heavy atom. The third-order valence-corrected chi connectivity index (χ3v) is 3.37. The molecule has 21 heavy (non-hydrogen) atoms. The number of hydrazine groups is 1. The number of nitrogens with one attached hydrogen (secondary N) is 1. The summed E-state index contributed by atoms with van der Waals surface area (Å²) in [6.07, 6.45) is 3.56. The Hall–Kier alpha value is -2.61. The van der Waals surface area contributed by atoms with E-state index in [9.17, 15) is 10.1 Å². The summed E-state index contributed by atoms with van der Waals surface area (Å²) in [7, 11) is 0. The molecule has 1 fully saturated rings. The van der Waals surface area contributed by atoms with Gasteiger partial charge in [-0.15, -0.1) is 0 Å².